The molecule has 0 amide bonds. The first-order valence-corrected chi connectivity index (χ1v) is 6.53. The van der Waals surface area contributed by atoms with E-state index in [1.807, 2.05) is 0 Å². The first-order valence-electron chi connectivity index (χ1n) is 5.55. The van der Waals surface area contributed by atoms with E-state index in [2.05, 4.69) is 35.9 Å². The first-order chi connectivity index (χ1) is 8.44. The summed E-state index contributed by atoms with van der Waals surface area (Å²) < 4.78 is 5.31. The number of rotatable bonds is 3. The standard InChI is InChI=1S/C12H15N3O2S/c1-12(2,3)18-7-10-14-11(17-15-10)8-4-9(16)6-13-5-8/h4-6,16H,7H2,1-3H3. The second-order valence-corrected chi connectivity index (χ2v) is 6.65. The van der Waals surface area contributed by atoms with Crippen LogP contribution in [0.2, 0.25) is 0 Å². The quantitative estimate of drug-likeness (QED) is 0.920. The van der Waals surface area contributed by atoms with E-state index in [0.717, 1.165) is 0 Å². The van der Waals surface area contributed by atoms with E-state index in [0.29, 0.717) is 23.0 Å². The van der Waals surface area contributed by atoms with Gasteiger partial charge >= 0.3 is 0 Å². The summed E-state index contributed by atoms with van der Waals surface area (Å²) in [5.41, 5.74) is 0.620. The normalized spacial score (nSPS) is 11.7. The summed E-state index contributed by atoms with van der Waals surface area (Å²) in [4.78, 5) is 8.15. The van der Waals surface area contributed by atoms with E-state index in [1.165, 1.54) is 6.20 Å². The van der Waals surface area contributed by atoms with E-state index in [1.54, 1.807) is 24.0 Å². The van der Waals surface area contributed by atoms with Crippen LogP contribution in [0.4, 0.5) is 0 Å². The van der Waals surface area contributed by atoms with Gasteiger partial charge in [-0.05, 0) is 6.07 Å². The predicted octanol–water partition coefficient (Wildman–Crippen LogP) is 2.87. The van der Waals surface area contributed by atoms with Crippen molar-refractivity contribution in [1.29, 1.82) is 0 Å². The van der Waals surface area contributed by atoms with Gasteiger partial charge in [0.1, 0.15) is 5.75 Å². The van der Waals surface area contributed by atoms with Crippen molar-refractivity contribution in [3.8, 4) is 17.2 Å². The molecule has 0 unspecified atom stereocenters. The Kier molecular flexibility index (Phi) is 3.56. The maximum absolute atomic E-state index is 9.33. The number of hydrogen-bond acceptors (Lipinski definition) is 6. The highest BCUT2D eigenvalue weighted by molar-refractivity contribution is 7.99. The van der Waals surface area contributed by atoms with Crippen LogP contribution in [0.15, 0.2) is 23.0 Å². The number of thioether (sulfide) groups is 1. The second-order valence-electron chi connectivity index (χ2n) is 4.85. The van der Waals surface area contributed by atoms with E-state index >= 15 is 0 Å². The van der Waals surface area contributed by atoms with Crippen LogP contribution in [0.25, 0.3) is 11.5 Å². The Morgan fingerprint density at radius 1 is 1.33 bits per heavy atom. The molecular formula is C12H15N3O2S. The zero-order chi connectivity index (χ0) is 13.2. The molecule has 5 nitrogen and oxygen atoms in total. The van der Waals surface area contributed by atoms with Crippen molar-refractivity contribution < 1.29 is 9.63 Å². The fourth-order valence-electron chi connectivity index (χ4n) is 1.26. The Bertz CT molecular complexity index is 534. The first kappa shape index (κ1) is 12.9. The summed E-state index contributed by atoms with van der Waals surface area (Å²) in [6.45, 7) is 6.41. The minimum absolute atomic E-state index is 0.0799. The van der Waals surface area contributed by atoms with Gasteiger partial charge in [-0.15, -0.1) is 11.8 Å². The van der Waals surface area contributed by atoms with Crippen molar-refractivity contribution in [3.05, 3.63) is 24.3 Å². The van der Waals surface area contributed by atoms with Gasteiger partial charge in [0.15, 0.2) is 5.82 Å². The minimum Gasteiger partial charge on any atom is -0.506 e. The molecule has 0 saturated heterocycles. The summed E-state index contributed by atoms with van der Waals surface area (Å²) in [7, 11) is 0. The molecule has 1 N–H and O–H groups in total. The predicted molar refractivity (Wildman–Crippen MR) is 70.2 cm³/mol. The molecule has 0 spiro atoms. The van der Waals surface area contributed by atoms with Crippen LogP contribution in [-0.4, -0.2) is 25.0 Å². The molecule has 18 heavy (non-hydrogen) atoms. The topological polar surface area (TPSA) is 72.0 Å². The molecule has 0 fully saturated rings. The molecule has 0 aliphatic rings. The number of nitrogens with zero attached hydrogens (tertiary/aromatic N) is 3. The lowest BCUT2D eigenvalue weighted by Crippen LogP contribution is -2.07. The smallest absolute Gasteiger partial charge is 0.259 e. The van der Waals surface area contributed by atoms with Gasteiger partial charge in [-0.1, -0.05) is 25.9 Å². The Morgan fingerprint density at radius 3 is 2.78 bits per heavy atom. The summed E-state index contributed by atoms with van der Waals surface area (Å²) in [6, 6.07) is 1.54. The third-order valence-corrected chi connectivity index (χ3v) is 3.34. The molecule has 0 bridgehead atoms. The molecule has 2 rings (SSSR count). The number of pyridine rings is 1. The van der Waals surface area contributed by atoms with Crippen LogP contribution in [0.1, 0.15) is 26.6 Å². The van der Waals surface area contributed by atoms with Gasteiger partial charge in [0.2, 0.25) is 0 Å². The second kappa shape index (κ2) is 4.97. The fraction of sp³-hybridized carbons (Fsp3) is 0.417. The summed E-state index contributed by atoms with van der Waals surface area (Å²) in [5.74, 6) is 1.80. The Labute approximate surface area is 110 Å². The van der Waals surface area contributed by atoms with Crippen LogP contribution in [-0.2, 0) is 5.75 Å². The van der Waals surface area contributed by atoms with Gasteiger partial charge in [0.05, 0.1) is 17.5 Å². The highest BCUT2D eigenvalue weighted by atomic mass is 32.2. The molecule has 6 heteroatoms. The molecule has 0 aromatic carbocycles. The number of aromatic nitrogens is 3. The van der Waals surface area contributed by atoms with Crippen molar-refractivity contribution in [1.82, 2.24) is 15.1 Å². The molecule has 2 heterocycles. The maximum Gasteiger partial charge on any atom is 0.259 e. The fourth-order valence-corrected chi connectivity index (χ4v) is 1.94. The lowest BCUT2D eigenvalue weighted by molar-refractivity contribution is 0.424. The molecule has 2 aromatic heterocycles. The average molecular weight is 265 g/mol. The molecule has 0 saturated carbocycles. The van der Waals surface area contributed by atoms with Crippen molar-refractivity contribution in [2.24, 2.45) is 0 Å². The molecule has 2 aromatic rings. The molecule has 0 aliphatic carbocycles. The molecule has 0 radical (unpaired) electrons. The SMILES string of the molecule is CC(C)(C)SCc1noc(-c2cncc(O)c2)n1. The van der Waals surface area contributed by atoms with Gasteiger partial charge in [0, 0.05) is 10.9 Å². The van der Waals surface area contributed by atoms with Gasteiger partial charge in [-0.25, -0.2) is 0 Å². The zero-order valence-corrected chi connectivity index (χ0v) is 11.4. The summed E-state index contributed by atoms with van der Waals surface area (Å²) in [5, 5.41) is 13.2. The zero-order valence-electron chi connectivity index (χ0n) is 10.5. The van der Waals surface area contributed by atoms with Gasteiger partial charge in [0.25, 0.3) is 5.89 Å². The van der Waals surface area contributed by atoms with Crippen LogP contribution >= 0.6 is 11.8 Å². The average Bonchev–Trinajstić information content (AvgIpc) is 2.74. The van der Waals surface area contributed by atoms with E-state index in [4.69, 9.17) is 4.52 Å². The number of aromatic hydroxyl groups is 1. The Hall–Kier alpha value is -1.56. The van der Waals surface area contributed by atoms with E-state index in [-0.39, 0.29) is 10.5 Å². The summed E-state index contributed by atoms with van der Waals surface area (Å²) in [6.07, 6.45) is 2.93. The number of hydrogen-bond donors (Lipinski definition) is 1. The van der Waals surface area contributed by atoms with Crippen molar-refractivity contribution in [2.45, 2.75) is 31.3 Å². The Balaban J connectivity index is 2.11. The molecular weight excluding hydrogens is 250 g/mol. The van der Waals surface area contributed by atoms with Gasteiger partial charge in [-0.3, -0.25) is 4.98 Å². The van der Waals surface area contributed by atoms with Crippen LogP contribution in [0.5, 0.6) is 5.75 Å². The van der Waals surface area contributed by atoms with Crippen molar-refractivity contribution >= 4 is 11.8 Å². The minimum atomic E-state index is 0.0799. The molecule has 96 valence electrons. The third kappa shape index (κ3) is 3.46. The third-order valence-electron chi connectivity index (χ3n) is 2.07. The van der Waals surface area contributed by atoms with Gasteiger partial charge in [-0.2, -0.15) is 4.98 Å². The largest absolute Gasteiger partial charge is 0.506 e. The van der Waals surface area contributed by atoms with Crippen LogP contribution in [0.3, 0.4) is 0 Å². The lowest BCUT2D eigenvalue weighted by atomic mass is 10.3. The van der Waals surface area contributed by atoms with Crippen LogP contribution in [0, 0.1) is 0 Å². The maximum atomic E-state index is 9.33. The molecule has 0 aliphatic heterocycles. The van der Waals surface area contributed by atoms with Crippen LogP contribution < -0.4 is 0 Å². The molecule has 0 atom stereocenters. The Morgan fingerprint density at radius 2 is 2.11 bits per heavy atom. The van der Waals surface area contributed by atoms with E-state index < -0.39 is 0 Å². The van der Waals surface area contributed by atoms with E-state index in [9.17, 15) is 5.11 Å². The highest BCUT2D eigenvalue weighted by Crippen LogP contribution is 2.27. The van der Waals surface area contributed by atoms with Crippen molar-refractivity contribution in [3.63, 3.8) is 0 Å². The monoisotopic (exact) mass is 265 g/mol. The highest BCUT2D eigenvalue weighted by Gasteiger charge is 2.14. The van der Waals surface area contributed by atoms with Crippen molar-refractivity contribution in [2.75, 3.05) is 0 Å². The lowest BCUT2D eigenvalue weighted by Gasteiger charge is -2.15. The van der Waals surface area contributed by atoms with Gasteiger partial charge < -0.3 is 9.63 Å². The summed E-state index contributed by atoms with van der Waals surface area (Å²) >= 11 is 1.75.